The van der Waals surface area contributed by atoms with Gasteiger partial charge in [0.05, 0.1) is 19.9 Å². The Morgan fingerprint density at radius 3 is 2.39 bits per heavy atom. The summed E-state index contributed by atoms with van der Waals surface area (Å²) in [6.07, 6.45) is -2.62. The summed E-state index contributed by atoms with van der Waals surface area (Å²) in [7, 11) is 0.660. The molecule has 2 saturated carbocycles. The number of ether oxygens (including phenoxy) is 2. The molecule has 3 N–H and O–H groups in total. The maximum absolute atomic E-state index is 15.1. The van der Waals surface area contributed by atoms with Gasteiger partial charge in [-0.25, -0.2) is 22.6 Å². The zero-order valence-electron chi connectivity index (χ0n) is 35.2. The SMILES string of the molecule is COc1cnc(O[C@@H]2C[C@H]3C(=O)N[C@]4(C(=O)NS(=O)(=O)C5(CF)CC5)C[C@H]4/C=C\CC[C@H](C)C[C@@H](C)[C@H](N(C(=O)O)C(C)(C)C(F)(F)F)C(=O)N3C2)c2ccc(N(C)C)cc12. The first-order valence-corrected chi connectivity index (χ1v) is 21.7. The Bertz CT molecular complexity index is 2200. The number of allylic oxidation sites excluding steroid dienone is 1. The molecule has 0 spiro atoms. The third-order valence-corrected chi connectivity index (χ3v) is 14.9. The number of pyridine rings is 1. The molecule has 0 radical (unpaired) electrons. The van der Waals surface area contributed by atoms with Crippen LogP contribution in [-0.4, -0.2) is 127 Å². The fourth-order valence-corrected chi connectivity index (χ4v) is 10.0. The molecule has 15 nitrogen and oxygen atoms in total. The summed E-state index contributed by atoms with van der Waals surface area (Å²) in [5.74, 6) is -4.56. The number of carboxylic acid groups (broad SMARTS) is 1. The van der Waals surface area contributed by atoms with E-state index in [4.69, 9.17) is 9.47 Å². The minimum absolute atomic E-state index is 0.000764. The quantitative estimate of drug-likeness (QED) is 0.211. The number of hydrogen-bond acceptors (Lipinski definition) is 10. The molecule has 0 unspecified atom stereocenters. The number of alkyl halides is 4. The van der Waals surface area contributed by atoms with Crippen LogP contribution in [0.25, 0.3) is 10.8 Å². The Hall–Kier alpha value is -4.88. The van der Waals surface area contributed by atoms with Crippen LogP contribution >= 0.6 is 0 Å². The number of halogens is 4. The second-order valence-electron chi connectivity index (χ2n) is 17.7. The summed E-state index contributed by atoms with van der Waals surface area (Å²) in [6.45, 7) is 3.05. The monoisotopic (exact) mass is 882 g/mol. The molecule has 1 aromatic heterocycles. The van der Waals surface area contributed by atoms with Crippen LogP contribution in [0.1, 0.15) is 72.6 Å². The van der Waals surface area contributed by atoms with Crippen molar-refractivity contribution in [3.05, 3.63) is 36.5 Å². The van der Waals surface area contributed by atoms with E-state index in [-0.39, 0.29) is 48.8 Å². The maximum Gasteiger partial charge on any atom is 0.411 e. The minimum Gasteiger partial charge on any atom is -0.494 e. The number of fused-ring (bicyclic) bond motifs is 3. The van der Waals surface area contributed by atoms with Crippen LogP contribution in [0.5, 0.6) is 11.6 Å². The van der Waals surface area contributed by atoms with Gasteiger partial charge in [-0.3, -0.25) is 24.0 Å². The average molecular weight is 883 g/mol. The van der Waals surface area contributed by atoms with E-state index in [1.807, 2.05) is 42.8 Å². The molecule has 7 atom stereocenters. The molecule has 336 valence electrons. The van der Waals surface area contributed by atoms with E-state index in [0.29, 0.717) is 43.2 Å². The molecular formula is C41H54F4N6O9S. The van der Waals surface area contributed by atoms with Crippen molar-refractivity contribution in [1.29, 1.82) is 0 Å². The van der Waals surface area contributed by atoms with Gasteiger partial charge >= 0.3 is 12.3 Å². The van der Waals surface area contributed by atoms with E-state index in [1.54, 1.807) is 18.2 Å². The van der Waals surface area contributed by atoms with Crippen molar-refractivity contribution < 1.29 is 59.7 Å². The molecular weight excluding hydrogens is 829 g/mol. The maximum atomic E-state index is 15.1. The molecule has 4 aliphatic rings. The first-order chi connectivity index (χ1) is 28.4. The molecule has 61 heavy (non-hydrogen) atoms. The third-order valence-electron chi connectivity index (χ3n) is 12.8. The van der Waals surface area contributed by atoms with Crippen molar-refractivity contribution >= 4 is 50.3 Å². The topological polar surface area (TPSA) is 188 Å². The van der Waals surface area contributed by atoms with E-state index >= 15 is 4.79 Å². The highest BCUT2D eigenvalue weighted by atomic mass is 32.2. The zero-order chi connectivity index (χ0) is 45.0. The molecule has 6 rings (SSSR count). The van der Waals surface area contributed by atoms with Crippen molar-refractivity contribution in [3.63, 3.8) is 0 Å². The van der Waals surface area contributed by atoms with Gasteiger partial charge in [-0.2, -0.15) is 13.2 Å². The highest BCUT2D eigenvalue weighted by Gasteiger charge is 2.64. The lowest BCUT2D eigenvalue weighted by Gasteiger charge is -2.45. The summed E-state index contributed by atoms with van der Waals surface area (Å²) in [5, 5.41) is 14.3. The summed E-state index contributed by atoms with van der Waals surface area (Å²) >= 11 is 0. The van der Waals surface area contributed by atoms with E-state index < -0.39 is 99.1 Å². The number of nitrogens with one attached hydrogen (secondary N) is 2. The lowest BCUT2D eigenvalue weighted by Crippen LogP contribution is -2.66. The van der Waals surface area contributed by atoms with E-state index in [1.165, 1.54) is 20.2 Å². The molecule has 2 aliphatic carbocycles. The molecule has 2 aromatic rings. The van der Waals surface area contributed by atoms with Crippen LogP contribution < -0.4 is 24.4 Å². The summed E-state index contributed by atoms with van der Waals surface area (Å²) < 4.78 is 96.8. The number of benzene rings is 1. The first kappa shape index (κ1) is 45.6. The Balaban J connectivity index is 1.43. The van der Waals surface area contributed by atoms with Crippen molar-refractivity contribution in [3.8, 4) is 11.6 Å². The molecule has 0 bridgehead atoms. The Labute approximate surface area is 352 Å². The molecule has 1 saturated heterocycles. The largest absolute Gasteiger partial charge is 0.494 e. The average Bonchev–Trinajstić information content (AvgIpc) is 4.08. The fraction of sp³-hybridized carbons (Fsp3) is 0.634. The Morgan fingerprint density at radius 1 is 1.11 bits per heavy atom. The molecule has 3 fully saturated rings. The van der Waals surface area contributed by atoms with E-state index in [2.05, 4.69) is 10.3 Å². The predicted molar refractivity (Wildman–Crippen MR) is 216 cm³/mol. The van der Waals surface area contributed by atoms with Crippen LogP contribution in [0.4, 0.5) is 28.0 Å². The number of nitrogens with zero attached hydrogens (tertiary/aromatic N) is 4. The summed E-state index contributed by atoms with van der Waals surface area (Å²) in [5.41, 5.74) is -4.09. The highest BCUT2D eigenvalue weighted by molar-refractivity contribution is 7.91. The van der Waals surface area contributed by atoms with Gasteiger partial charge in [0.25, 0.3) is 5.91 Å². The van der Waals surface area contributed by atoms with Gasteiger partial charge in [-0.1, -0.05) is 26.0 Å². The second kappa shape index (κ2) is 16.4. The van der Waals surface area contributed by atoms with Crippen LogP contribution in [0, 0.1) is 17.8 Å². The van der Waals surface area contributed by atoms with Crippen LogP contribution in [0.15, 0.2) is 36.5 Å². The number of anilines is 1. The van der Waals surface area contributed by atoms with Gasteiger partial charge in [0, 0.05) is 42.9 Å². The first-order valence-electron chi connectivity index (χ1n) is 20.2. The molecule has 20 heteroatoms. The third kappa shape index (κ3) is 8.52. The van der Waals surface area contributed by atoms with E-state index in [0.717, 1.165) is 10.6 Å². The molecule has 2 aliphatic heterocycles. The number of sulfonamides is 1. The molecule has 4 amide bonds. The normalized spacial score (nSPS) is 28.6. The highest BCUT2D eigenvalue weighted by Crippen LogP contribution is 2.48. The number of aromatic nitrogens is 1. The number of carbonyl (C=O) groups is 4. The zero-order valence-corrected chi connectivity index (χ0v) is 36.0. The number of carbonyl (C=O) groups excluding carboxylic acids is 3. The number of methoxy groups -OCH3 is 1. The minimum atomic E-state index is -5.12. The van der Waals surface area contributed by atoms with E-state index in [9.17, 15) is 45.5 Å². The Morgan fingerprint density at radius 2 is 1.80 bits per heavy atom. The van der Waals surface area contributed by atoms with Gasteiger partial charge in [0.15, 0.2) is 0 Å². The smallest absolute Gasteiger partial charge is 0.411 e. The van der Waals surface area contributed by atoms with Gasteiger partial charge < -0.3 is 29.7 Å². The molecule has 1 aromatic carbocycles. The van der Waals surface area contributed by atoms with Crippen LogP contribution in [-0.2, 0) is 24.4 Å². The number of rotatable bonds is 10. The summed E-state index contributed by atoms with van der Waals surface area (Å²) in [6, 6.07) is 1.92. The lowest BCUT2D eigenvalue weighted by molar-refractivity contribution is -0.222. The number of hydrogen-bond donors (Lipinski definition) is 3. The lowest BCUT2D eigenvalue weighted by atomic mass is 9.85. The van der Waals surface area contributed by atoms with Gasteiger partial charge in [0.1, 0.15) is 46.4 Å². The van der Waals surface area contributed by atoms with Crippen molar-refractivity contribution in [2.75, 3.05) is 39.3 Å². The van der Waals surface area contributed by atoms with Crippen molar-refractivity contribution in [1.82, 2.24) is 24.8 Å². The van der Waals surface area contributed by atoms with Gasteiger partial charge in [-0.15, -0.1) is 0 Å². The van der Waals surface area contributed by atoms with Gasteiger partial charge in [0.2, 0.25) is 27.7 Å². The van der Waals surface area contributed by atoms with Crippen molar-refractivity contribution in [2.24, 2.45) is 17.8 Å². The second-order valence-corrected chi connectivity index (χ2v) is 19.8. The Kier molecular flexibility index (Phi) is 12.3. The number of amides is 4. The fourth-order valence-electron chi connectivity index (χ4n) is 8.61. The van der Waals surface area contributed by atoms with Crippen LogP contribution in [0.3, 0.4) is 0 Å². The van der Waals surface area contributed by atoms with Gasteiger partial charge in [-0.05, 0) is 82.4 Å². The van der Waals surface area contributed by atoms with Crippen molar-refractivity contribution in [2.45, 2.75) is 113 Å². The van der Waals surface area contributed by atoms with Crippen LogP contribution in [0.2, 0.25) is 0 Å². The predicted octanol–water partition coefficient (Wildman–Crippen LogP) is 5.18. The summed E-state index contributed by atoms with van der Waals surface area (Å²) in [4.78, 5) is 64.0. The molecule has 3 heterocycles. The standard InChI is InChI=1S/C41H54F4N6O9S/c1-23-10-8-9-11-25-19-40(25,36(54)48-61(57,58)39(22-42)14-15-39)47-33(52)30-18-27(60-34-28-13-12-26(49(5)6)17-29(28)31(59-7)20-46-34)21-50(30)35(53)32(24(2)16-23)51(37(55)56)38(3,4)41(43,44)45/h9,11-13,17,20,23-25,27,30,32H,8,10,14-16,18-19,21-22H2,1-7H3,(H,47,52)(H,48,54)(H,55,56)/b11-9-/t23-,24+,25+,27+,30-,32-,40+/m0/s1.